The number of hydrogen-bond donors (Lipinski definition) is 2. The minimum absolute atomic E-state index is 0.118. The van der Waals surface area contributed by atoms with Crippen LogP contribution in [-0.4, -0.2) is 20.5 Å². The Morgan fingerprint density at radius 2 is 2.12 bits per heavy atom. The van der Waals surface area contributed by atoms with E-state index in [1.165, 1.54) is 11.3 Å². The van der Waals surface area contributed by atoms with Crippen molar-refractivity contribution in [2.24, 2.45) is 0 Å². The number of halogens is 1. The predicted octanol–water partition coefficient (Wildman–Crippen LogP) is 3.62. The number of aromatic nitrogens is 3. The Bertz CT molecular complexity index is 1100. The summed E-state index contributed by atoms with van der Waals surface area (Å²) < 4.78 is 1.63. The number of pyridine rings is 1. The molecular weight excluding hydrogens is 370 g/mol. The molecule has 1 aromatic carbocycles. The Kier molecular flexibility index (Phi) is 4.32. The molecule has 0 saturated heterocycles. The van der Waals surface area contributed by atoms with E-state index in [1.807, 2.05) is 48.0 Å². The molecule has 0 aliphatic heterocycles. The van der Waals surface area contributed by atoms with Crippen molar-refractivity contribution in [3.8, 4) is 11.1 Å². The zero-order valence-corrected chi connectivity index (χ0v) is 15.1. The van der Waals surface area contributed by atoms with Crippen LogP contribution in [-0.2, 0) is 6.54 Å². The van der Waals surface area contributed by atoms with Crippen LogP contribution in [0.15, 0.2) is 54.0 Å². The second kappa shape index (κ2) is 6.78. The number of nitrogens with zero attached hydrogens (tertiary/aromatic N) is 3. The van der Waals surface area contributed by atoms with Crippen molar-refractivity contribution in [1.29, 1.82) is 0 Å². The highest BCUT2D eigenvalue weighted by Crippen LogP contribution is 2.26. The van der Waals surface area contributed by atoms with Gasteiger partial charge in [0.1, 0.15) is 0 Å². The zero-order valence-electron chi connectivity index (χ0n) is 13.5. The van der Waals surface area contributed by atoms with Gasteiger partial charge in [0.2, 0.25) is 5.95 Å². The molecule has 0 aliphatic carbocycles. The normalized spacial score (nSPS) is 11.0. The van der Waals surface area contributed by atoms with Crippen LogP contribution in [0.1, 0.15) is 15.2 Å². The first-order valence-corrected chi connectivity index (χ1v) is 9.08. The molecule has 0 bridgehead atoms. The van der Waals surface area contributed by atoms with Gasteiger partial charge in [0.25, 0.3) is 5.91 Å². The van der Waals surface area contributed by atoms with Gasteiger partial charge in [0.15, 0.2) is 5.65 Å². The second-order valence-electron chi connectivity index (χ2n) is 5.70. The van der Waals surface area contributed by atoms with Crippen LogP contribution in [0.3, 0.4) is 0 Å². The summed E-state index contributed by atoms with van der Waals surface area (Å²) in [7, 11) is 0. The van der Waals surface area contributed by atoms with E-state index in [0.717, 1.165) is 16.7 Å². The Morgan fingerprint density at radius 1 is 1.23 bits per heavy atom. The van der Waals surface area contributed by atoms with Crippen molar-refractivity contribution in [2.45, 2.75) is 6.54 Å². The maximum Gasteiger partial charge on any atom is 0.261 e. The molecule has 3 N–H and O–H groups in total. The van der Waals surface area contributed by atoms with Crippen molar-refractivity contribution in [3.05, 3.63) is 69.5 Å². The number of hydrogen-bond acceptors (Lipinski definition) is 5. The third-order valence-electron chi connectivity index (χ3n) is 3.85. The van der Waals surface area contributed by atoms with Crippen molar-refractivity contribution in [1.82, 2.24) is 19.9 Å². The van der Waals surface area contributed by atoms with Crippen molar-refractivity contribution in [2.75, 3.05) is 5.73 Å². The molecule has 0 unspecified atom stereocenters. The molecule has 0 atom stereocenters. The number of anilines is 1. The average Bonchev–Trinajstić information content (AvgIpc) is 3.24. The Labute approximate surface area is 158 Å². The van der Waals surface area contributed by atoms with E-state index >= 15 is 0 Å². The summed E-state index contributed by atoms with van der Waals surface area (Å²) in [6, 6.07) is 13.1. The van der Waals surface area contributed by atoms with Gasteiger partial charge in [-0.3, -0.25) is 4.79 Å². The first-order valence-electron chi connectivity index (χ1n) is 7.82. The lowest BCUT2D eigenvalue weighted by Gasteiger charge is -2.04. The van der Waals surface area contributed by atoms with Crippen LogP contribution in [0, 0.1) is 0 Å². The zero-order chi connectivity index (χ0) is 18.1. The van der Waals surface area contributed by atoms with Gasteiger partial charge >= 0.3 is 0 Å². The standard InChI is InChI=1S/C18H14ClN5OS/c19-14-3-1-2-11(6-14)8-21-17(25)15-7-13(10-26-15)12-4-5-16-22-18(20)23-24(16)9-12/h1-7,9-10H,8H2,(H2,20,23)(H,21,25). The fourth-order valence-electron chi connectivity index (χ4n) is 2.59. The summed E-state index contributed by atoms with van der Waals surface area (Å²) >= 11 is 7.35. The molecule has 3 aromatic heterocycles. The first-order chi connectivity index (χ1) is 12.6. The van der Waals surface area contributed by atoms with E-state index in [-0.39, 0.29) is 11.9 Å². The predicted molar refractivity (Wildman–Crippen MR) is 103 cm³/mol. The monoisotopic (exact) mass is 383 g/mol. The summed E-state index contributed by atoms with van der Waals surface area (Å²) in [6.45, 7) is 0.427. The van der Waals surface area contributed by atoms with Gasteiger partial charge in [-0.05, 0) is 46.8 Å². The summed E-state index contributed by atoms with van der Waals surface area (Å²) in [5.41, 5.74) is 9.13. The number of nitrogen functional groups attached to an aromatic ring is 1. The van der Waals surface area contributed by atoms with Crippen LogP contribution in [0.25, 0.3) is 16.8 Å². The van der Waals surface area contributed by atoms with E-state index in [9.17, 15) is 4.79 Å². The van der Waals surface area contributed by atoms with Crippen LogP contribution in [0.5, 0.6) is 0 Å². The highest BCUT2D eigenvalue weighted by Gasteiger charge is 2.11. The largest absolute Gasteiger partial charge is 0.366 e. The molecule has 26 heavy (non-hydrogen) atoms. The third kappa shape index (κ3) is 3.40. The topological polar surface area (TPSA) is 85.3 Å². The number of carbonyl (C=O) groups is 1. The average molecular weight is 384 g/mol. The van der Waals surface area contributed by atoms with E-state index < -0.39 is 0 Å². The molecule has 1 amide bonds. The first kappa shape index (κ1) is 16.6. The summed E-state index contributed by atoms with van der Waals surface area (Å²) in [6.07, 6.45) is 1.84. The minimum Gasteiger partial charge on any atom is -0.366 e. The fraction of sp³-hybridized carbons (Fsp3) is 0.0556. The number of amides is 1. The van der Waals surface area contributed by atoms with Gasteiger partial charge in [0.05, 0.1) is 4.88 Å². The number of carbonyl (C=O) groups excluding carboxylic acids is 1. The number of benzene rings is 1. The Hall–Kier alpha value is -2.90. The molecule has 0 saturated carbocycles. The molecule has 0 radical (unpaired) electrons. The third-order valence-corrected chi connectivity index (χ3v) is 5.01. The van der Waals surface area contributed by atoms with Crippen LogP contribution in [0.4, 0.5) is 5.95 Å². The highest BCUT2D eigenvalue weighted by atomic mass is 35.5. The Balaban J connectivity index is 1.50. The minimum atomic E-state index is -0.118. The molecule has 130 valence electrons. The second-order valence-corrected chi connectivity index (χ2v) is 7.05. The lowest BCUT2D eigenvalue weighted by atomic mass is 10.1. The lowest BCUT2D eigenvalue weighted by molar-refractivity contribution is 0.0955. The number of nitrogens with two attached hydrogens (primary N) is 1. The van der Waals surface area contributed by atoms with Gasteiger partial charge in [-0.1, -0.05) is 23.7 Å². The molecule has 0 spiro atoms. The molecular formula is C18H14ClN5OS. The van der Waals surface area contributed by atoms with Crippen LogP contribution in [0.2, 0.25) is 5.02 Å². The van der Waals surface area contributed by atoms with Gasteiger partial charge in [0, 0.05) is 23.3 Å². The molecule has 8 heteroatoms. The molecule has 3 heterocycles. The molecule has 6 nitrogen and oxygen atoms in total. The smallest absolute Gasteiger partial charge is 0.261 e. The van der Waals surface area contributed by atoms with E-state index in [4.69, 9.17) is 17.3 Å². The number of fused-ring (bicyclic) bond motifs is 1. The van der Waals surface area contributed by atoms with E-state index in [1.54, 1.807) is 10.6 Å². The van der Waals surface area contributed by atoms with Crippen LogP contribution >= 0.6 is 22.9 Å². The van der Waals surface area contributed by atoms with Crippen molar-refractivity contribution < 1.29 is 4.79 Å². The van der Waals surface area contributed by atoms with E-state index in [0.29, 0.717) is 22.1 Å². The highest BCUT2D eigenvalue weighted by molar-refractivity contribution is 7.12. The quantitative estimate of drug-likeness (QED) is 0.563. The number of thiophene rings is 1. The molecule has 4 rings (SSSR count). The maximum atomic E-state index is 12.4. The maximum absolute atomic E-state index is 12.4. The summed E-state index contributed by atoms with van der Waals surface area (Å²) in [5, 5.41) is 9.61. The summed E-state index contributed by atoms with van der Waals surface area (Å²) in [5.74, 6) is 0.112. The summed E-state index contributed by atoms with van der Waals surface area (Å²) in [4.78, 5) is 17.1. The van der Waals surface area contributed by atoms with Gasteiger partial charge < -0.3 is 11.1 Å². The Morgan fingerprint density at radius 3 is 2.96 bits per heavy atom. The van der Waals surface area contributed by atoms with Gasteiger partial charge in [-0.15, -0.1) is 16.4 Å². The number of nitrogens with one attached hydrogen (secondary N) is 1. The number of rotatable bonds is 4. The lowest BCUT2D eigenvalue weighted by Crippen LogP contribution is -2.21. The van der Waals surface area contributed by atoms with Crippen molar-refractivity contribution >= 4 is 40.4 Å². The van der Waals surface area contributed by atoms with Crippen LogP contribution < -0.4 is 11.1 Å². The van der Waals surface area contributed by atoms with Gasteiger partial charge in [-0.2, -0.15) is 4.98 Å². The van der Waals surface area contributed by atoms with Gasteiger partial charge in [-0.25, -0.2) is 4.52 Å². The molecule has 4 aromatic rings. The molecule has 0 fully saturated rings. The SMILES string of the molecule is Nc1nc2ccc(-c3csc(C(=O)NCc4cccc(Cl)c4)c3)cn2n1. The fourth-order valence-corrected chi connectivity index (χ4v) is 3.64. The van der Waals surface area contributed by atoms with E-state index in [2.05, 4.69) is 15.4 Å². The van der Waals surface area contributed by atoms with Crippen molar-refractivity contribution in [3.63, 3.8) is 0 Å². The molecule has 0 aliphatic rings.